The van der Waals surface area contributed by atoms with Crippen LogP contribution >= 0.6 is 0 Å². The van der Waals surface area contributed by atoms with Gasteiger partial charge in [-0.2, -0.15) is 5.26 Å². The van der Waals surface area contributed by atoms with Crippen LogP contribution in [0, 0.1) is 17.2 Å². The Morgan fingerprint density at radius 2 is 2.11 bits per heavy atom. The Morgan fingerprint density at radius 1 is 1.47 bits per heavy atom. The summed E-state index contributed by atoms with van der Waals surface area (Å²) in [5, 5.41) is 17.7. The molecule has 6 nitrogen and oxygen atoms in total. The van der Waals surface area contributed by atoms with Crippen molar-refractivity contribution in [2.45, 2.75) is 24.8 Å². The fourth-order valence-electron chi connectivity index (χ4n) is 1.45. The van der Waals surface area contributed by atoms with Gasteiger partial charge < -0.3 is 10.8 Å². The molecule has 0 aliphatic rings. The number of nitrogens with one attached hydrogen (secondary N) is 1. The van der Waals surface area contributed by atoms with E-state index in [2.05, 4.69) is 4.72 Å². The van der Waals surface area contributed by atoms with Crippen LogP contribution in [-0.2, 0) is 10.0 Å². The average molecular weight is 283 g/mol. The molecule has 0 fully saturated rings. The van der Waals surface area contributed by atoms with Crippen molar-refractivity contribution in [3.05, 3.63) is 23.8 Å². The molecular weight excluding hydrogens is 266 g/mol. The van der Waals surface area contributed by atoms with Crippen LogP contribution < -0.4 is 10.5 Å². The quantitative estimate of drug-likeness (QED) is 0.678. The summed E-state index contributed by atoms with van der Waals surface area (Å²) < 4.78 is 26.7. The number of sulfonamides is 1. The number of aliphatic hydroxyl groups is 1. The van der Waals surface area contributed by atoms with Gasteiger partial charge in [0, 0.05) is 12.6 Å². The Bertz CT molecular complexity index is 593. The normalized spacial score (nSPS) is 14.6. The molecule has 2 unspecified atom stereocenters. The molecule has 1 aromatic rings. The highest BCUT2D eigenvalue weighted by Gasteiger charge is 2.22. The van der Waals surface area contributed by atoms with Crippen LogP contribution in [-0.4, -0.2) is 26.2 Å². The first-order valence-corrected chi connectivity index (χ1v) is 7.23. The number of aliphatic hydroxyl groups excluding tert-OH is 1. The first-order chi connectivity index (χ1) is 8.81. The van der Waals surface area contributed by atoms with Crippen LogP contribution in [0.25, 0.3) is 0 Å². The minimum absolute atomic E-state index is 0.0235. The summed E-state index contributed by atoms with van der Waals surface area (Å²) in [5.74, 6) is -0.214. The SMILES string of the molecule is CC(CO)C(C)NS(=O)(=O)c1ccc(C#N)cc1N. The van der Waals surface area contributed by atoms with Crippen molar-refractivity contribution >= 4 is 15.7 Å². The summed E-state index contributed by atoms with van der Waals surface area (Å²) in [7, 11) is -3.77. The predicted octanol–water partition coefficient (Wildman–Crippen LogP) is 0.436. The number of hydrogen-bond acceptors (Lipinski definition) is 5. The van der Waals surface area contributed by atoms with Crippen LogP contribution in [0.1, 0.15) is 19.4 Å². The van der Waals surface area contributed by atoms with Gasteiger partial charge in [-0.3, -0.25) is 0 Å². The Labute approximate surface area is 112 Å². The van der Waals surface area contributed by atoms with E-state index in [1.165, 1.54) is 18.2 Å². The van der Waals surface area contributed by atoms with Crippen LogP contribution in [0.5, 0.6) is 0 Å². The van der Waals surface area contributed by atoms with Gasteiger partial charge in [0.2, 0.25) is 10.0 Å². The van der Waals surface area contributed by atoms with Crippen molar-refractivity contribution in [3.63, 3.8) is 0 Å². The van der Waals surface area contributed by atoms with Gasteiger partial charge in [0.1, 0.15) is 4.90 Å². The van der Waals surface area contributed by atoms with E-state index in [1.807, 2.05) is 6.07 Å². The average Bonchev–Trinajstić information content (AvgIpc) is 2.36. The molecule has 7 heteroatoms. The number of rotatable bonds is 5. The lowest BCUT2D eigenvalue weighted by Crippen LogP contribution is -2.38. The summed E-state index contributed by atoms with van der Waals surface area (Å²) in [5.41, 5.74) is 5.97. The Morgan fingerprint density at radius 3 is 2.58 bits per heavy atom. The maximum Gasteiger partial charge on any atom is 0.242 e. The minimum atomic E-state index is -3.77. The highest BCUT2D eigenvalue weighted by molar-refractivity contribution is 7.89. The molecule has 0 aromatic heterocycles. The van der Waals surface area contributed by atoms with Crippen molar-refractivity contribution in [2.75, 3.05) is 12.3 Å². The van der Waals surface area contributed by atoms with Gasteiger partial charge >= 0.3 is 0 Å². The van der Waals surface area contributed by atoms with E-state index in [4.69, 9.17) is 16.1 Å². The molecule has 0 heterocycles. The molecule has 0 spiro atoms. The third-order valence-electron chi connectivity index (χ3n) is 2.91. The van der Waals surface area contributed by atoms with E-state index in [0.717, 1.165) is 0 Å². The molecule has 0 saturated carbocycles. The molecule has 104 valence electrons. The van der Waals surface area contributed by atoms with Gasteiger partial charge in [0.25, 0.3) is 0 Å². The van der Waals surface area contributed by atoms with Crippen molar-refractivity contribution in [1.29, 1.82) is 5.26 Å². The molecule has 0 radical (unpaired) electrons. The second kappa shape index (κ2) is 6.02. The molecular formula is C12H17N3O3S. The van der Waals surface area contributed by atoms with Gasteiger partial charge in [-0.1, -0.05) is 6.92 Å². The number of hydrogen-bond donors (Lipinski definition) is 3. The zero-order chi connectivity index (χ0) is 14.6. The van der Waals surface area contributed by atoms with Gasteiger partial charge in [-0.15, -0.1) is 0 Å². The largest absolute Gasteiger partial charge is 0.398 e. The van der Waals surface area contributed by atoms with Crippen molar-refractivity contribution < 1.29 is 13.5 Å². The third kappa shape index (κ3) is 3.67. The van der Waals surface area contributed by atoms with E-state index in [9.17, 15) is 8.42 Å². The van der Waals surface area contributed by atoms with E-state index in [0.29, 0.717) is 5.56 Å². The maximum absolute atomic E-state index is 12.1. The lowest BCUT2D eigenvalue weighted by Gasteiger charge is -2.19. The molecule has 0 amide bonds. The standard InChI is InChI=1S/C12H17N3O3S/c1-8(7-16)9(2)15-19(17,18)12-4-3-10(6-13)5-11(12)14/h3-5,8-9,15-16H,7,14H2,1-2H3. The second-order valence-corrected chi connectivity index (χ2v) is 6.12. The molecule has 0 bridgehead atoms. The summed E-state index contributed by atoms with van der Waals surface area (Å²) in [6, 6.07) is 5.47. The van der Waals surface area contributed by atoms with Gasteiger partial charge in [0.05, 0.1) is 17.3 Å². The Kier molecular flexibility index (Phi) is 4.89. The summed E-state index contributed by atoms with van der Waals surface area (Å²) in [6.45, 7) is 3.28. The molecule has 0 saturated heterocycles. The number of anilines is 1. The van der Waals surface area contributed by atoms with Crippen LogP contribution in [0.15, 0.2) is 23.1 Å². The number of nitrogen functional groups attached to an aromatic ring is 1. The Balaban J connectivity index is 3.05. The lowest BCUT2D eigenvalue weighted by atomic mass is 10.1. The number of nitrogens with zero attached hydrogens (tertiary/aromatic N) is 1. The smallest absolute Gasteiger partial charge is 0.242 e. The molecule has 0 aliphatic carbocycles. The molecule has 1 aromatic carbocycles. The molecule has 19 heavy (non-hydrogen) atoms. The Hall–Kier alpha value is -1.62. The maximum atomic E-state index is 12.1. The molecule has 2 atom stereocenters. The van der Waals surface area contributed by atoms with Crippen molar-refractivity contribution in [3.8, 4) is 6.07 Å². The van der Waals surface area contributed by atoms with Gasteiger partial charge in [0.15, 0.2) is 0 Å². The molecule has 4 N–H and O–H groups in total. The predicted molar refractivity (Wildman–Crippen MR) is 71.6 cm³/mol. The monoisotopic (exact) mass is 283 g/mol. The van der Waals surface area contributed by atoms with E-state index in [1.54, 1.807) is 13.8 Å². The van der Waals surface area contributed by atoms with Crippen molar-refractivity contribution in [1.82, 2.24) is 4.72 Å². The summed E-state index contributed by atoms with van der Waals surface area (Å²) in [4.78, 5) is -0.0662. The van der Waals surface area contributed by atoms with Crippen LogP contribution in [0.3, 0.4) is 0 Å². The number of benzene rings is 1. The topological polar surface area (TPSA) is 116 Å². The van der Waals surface area contributed by atoms with Crippen LogP contribution in [0.4, 0.5) is 5.69 Å². The van der Waals surface area contributed by atoms with Crippen LogP contribution in [0.2, 0.25) is 0 Å². The fourth-order valence-corrected chi connectivity index (χ4v) is 2.91. The first-order valence-electron chi connectivity index (χ1n) is 5.74. The van der Waals surface area contributed by atoms with E-state index >= 15 is 0 Å². The van der Waals surface area contributed by atoms with Gasteiger partial charge in [-0.05, 0) is 31.0 Å². The zero-order valence-corrected chi connectivity index (χ0v) is 11.6. The number of nitriles is 1. The molecule has 0 aliphatic heterocycles. The lowest BCUT2D eigenvalue weighted by molar-refractivity contribution is 0.216. The highest BCUT2D eigenvalue weighted by Crippen LogP contribution is 2.20. The fraction of sp³-hybridized carbons (Fsp3) is 0.417. The van der Waals surface area contributed by atoms with Gasteiger partial charge in [-0.25, -0.2) is 13.1 Å². The zero-order valence-electron chi connectivity index (χ0n) is 10.8. The summed E-state index contributed by atoms with van der Waals surface area (Å²) in [6.07, 6.45) is 0. The second-order valence-electron chi connectivity index (χ2n) is 4.43. The van der Waals surface area contributed by atoms with E-state index in [-0.39, 0.29) is 23.1 Å². The minimum Gasteiger partial charge on any atom is -0.398 e. The number of nitrogens with two attached hydrogens (primary N) is 1. The van der Waals surface area contributed by atoms with Crippen molar-refractivity contribution in [2.24, 2.45) is 5.92 Å². The third-order valence-corrected chi connectivity index (χ3v) is 4.54. The van der Waals surface area contributed by atoms with E-state index < -0.39 is 16.1 Å². The highest BCUT2D eigenvalue weighted by atomic mass is 32.2. The molecule has 1 rings (SSSR count). The first kappa shape index (κ1) is 15.4. The summed E-state index contributed by atoms with van der Waals surface area (Å²) >= 11 is 0.